The van der Waals surface area contributed by atoms with Gasteiger partial charge in [0.05, 0.1) is 0 Å². The van der Waals surface area contributed by atoms with Crippen molar-refractivity contribution in [2.75, 3.05) is 30.0 Å². The molecule has 1 aromatic rings. The van der Waals surface area contributed by atoms with Crippen LogP contribution in [-0.2, 0) is 14.3 Å². The summed E-state index contributed by atoms with van der Waals surface area (Å²) < 4.78 is 10.3. The molecule has 21 heavy (non-hydrogen) atoms. The molecule has 0 radical (unpaired) electrons. The quantitative estimate of drug-likeness (QED) is 0.906. The number of anilines is 2. The second-order valence-corrected chi connectivity index (χ2v) is 5.08. The van der Waals surface area contributed by atoms with E-state index in [1.807, 2.05) is 24.3 Å². The molecule has 1 aliphatic rings. The molecule has 0 spiro atoms. The Balaban J connectivity index is 2.02. The fourth-order valence-electron chi connectivity index (χ4n) is 2.26. The minimum Gasteiger partial charge on any atom is -0.494 e. The van der Waals surface area contributed by atoms with Gasteiger partial charge < -0.3 is 19.7 Å². The van der Waals surface area contributed by atoms with E-state index in [2.05, 4.69) is 31.0 Å². The summed E-state index contributed by atoms with van der Waals surface area (Å²) in [5.41, 5.74) is 1.88. The van der Waals surface area contributed by atoms with E-state index in [4.69, 9.17) is 9.47 Å². The molecule has 5 nitrogen and oxygen atoms in total. The van der Waals surface area contributed by atoms with Gasteiger partial charge in [-0.2, -0.15) is 0 Å². The minimum absolute atomic E-state index is 0.211. The Labute approximate surface area is 125 Å². The fraction of sp³-hybridized carbons (Fsp3) is 0.438. The van der Waals surface area contributed by atoms with E-state index < -0.39 is 0 Å². The lowest BCUT2D eigenvalue weighted by Crippen LogP contribution is -2.30. The Morgan fingerprint density at radius 3 is 2.52 bits per heavy atom. The molecule has 0 aromatic heterocycles. The van der Waals surface area contributed by atoms with Crippen molar-refractivity contribution >= 4 is 17.3 Å². The molecule has 0 unspecified atom stereocenters. The smallest absolute Gasteiger partial charge is 0.294 e. The highest BCUT2D eigenvalue weighted by Crippen LogP contribution is 2.20. The Kier molecular flexibility index (Phi) is 5.09. The molecular formula is C16H22N2O3. The van der Waals surface area contributed by atoms with Gasteiger partial charge in [0.1, 0.15) is 19.5 Å². The van der Waals surface area contributed by atoms with E-state index in [-0.39, 0.29) is 11.7 Å². The van der Waals surface area contributed by atoms with E-state index in [1.165, 1.54) is 6.26 Å². The van der Waals surface area contributed by atoms with Gasteiger partial charge in [0, 0.05) is 24.0 Å². The molecule has 0 aliphatic carbocycles. The van der Waals surface area contributed by atoms with Crippen LogP contribution in [-0.4, -0.2) is 31.7 Å². The van der Waals surface area contributed by atoms with Crippen molar-refractivity contribution in [1.29, 1.82) is 0 Å². The number of carbonyl (C=O) groups excluding carboxylic acids is 1. The van der Waals surface area contributed by atoms with Crippen molar-refractivity contribution in [2.45, 2.75) is 26.8 Å². The van der Waals surface area contributed by atoms with Crippen LogP contribution in [0.5, 0.6) is 0 Å². The standard InChI is InChI=1S/C16H22N2O3/c1-4-18(12(2)3)14-7-5-13(6-8-14)17-16(19)15-11-20-9-10-21-15/h5-8,11-12H,4,9-10H2,1-3H3,(H,17,19). The first kappa shape index (κ1) is 15.2. The van der Waals surface area contributed by atoms with Crippen molar-refractivity contribution in [3.8, 4) is 0 Å². The zero-order valence-corrected chi connectivity index (χ0v) is 12.8. The van der Waals surface area contributed by atoms with E-state index >= 15 is 0 Å². The number of nitrogens with zero attached hydrogens (tertiary/aromatic N) is 1. The van der Waals surface area contributed by atoms with Crippen LogP contribution in [0.1, 0.15) is 20.8 Å². The third-order valence-corrected chi connectivity index (χ3v) is 3.29. The second-order valence-electron chi connectivity index (χ2n) is 5.08. The maximum atomic E-state index is 12.0. The Morgan fingerprint density at radius 1 is 1.29 bits per heavy atom. The average molecular weight is 290 g/mol. The van der Waals surface area contributed by atoms with Crippen molar-refractivity contribution in [2.24, 2.45) is 0 Å². The summed E-state index contributed by atoms with van der Waals surface area (Å²) in [7, 11) is 0. The molecule has 1 heterocycles. The summed E-state index contributed by atoms with van der Waals surface area (Å²) in [6, 6.07) is 8.23. The van der Waals surface area contributed by atoms with Crippen molar-refractivity contribution in [3.05, 3.63) is 36.3 Å². The van der Waals surface area contributed by atoms with Gasteiger partial charge in [-0.3, -0.25) is 4.79 Å². The topological polar surface area (TPSA) is 50.8 Å². The largest absolute Gasteiger partial charge is 0.494 e. The fourth-order valence-corrected chi connectivity index (χ4v) is 2.26. The summed E-state index contributed by atoms with van der Waals surface area (Å²) in [6.45, 7) is 8.27. The van der Waals surface area contributed by atoms with Gasteiger partial charge in [0.2, 0.25) is 5.76 Å². The number of benzene rings is 1. The normalized spacial score (nSPS) is 14.0. The highest BCUT2D eigenvalue weighted by atomic mass is 16.6. The molecule has 5 heteroatoms. The number of carbonyl (C=O) groups is 1. The predicted molar refractivity (Wildman–Crippen MR) is 83.2 cm³/mol. The molecule has 0 saturated carbocycles. The van der Waals surface area contributed by atoms with E-state index in [0.717, 1.165) is 17.9 Å². The first-order valence-electron chi connectivity index (χ1n) is 7.24. The van der Waals surface area contributed by atoms with Crippen LogP contribution < -0.4 is 10.2 Å². The van der Waals surface area contributed by atoms with Crippen LogP contribution in [0.15, 0.2) is 36.3 Å². The third kappa shape index (κ3) is 3.90. The zero-order chi connectivity index (χ0) is 15.2. The maximum Gasteiger partial charge on any atom is 0.294 e. The number of amides is 1. The van der Waals surface area contributed by atoms with Gasteiger partial charge in [-0.05, 0) is 45.0 Å². The third-order valence-electron chi connectivity index (χ3n) is 3.29. The Bertz CT molecular complexity index is 509. The van der Waals surface area contributed by atoms with Crippen LogP contribution in [0.2, 0.25) is 0 Å². The lowest BCUT2D eigenvalue weighted by Gasteiger charge is -2.27. The maximum absolute atomic E-state index is 12.0. The molecule has 1 aromatic carbocycles. The van der Waals surface area contributed by atoms with Crippen molar-refractivity contribution < 1.29 is 14.3 Å². The van der Waals surface area contributed by atoms with E-state index in [0.29, 0.717) is 19.3 Å². The van der Waals surface area contributed by atoms with Crippen LogP contribution >= 0.6 is 0 Å². The molecule has 1 N–H and O–H groups in total. The molecule has 1 amide bonds. The average Bonchev–Trinajstić information content (AvgIpc) is 2.50. The second kappa shape index (κ2) is 7.02. The molecule has 0 atom stereocenters. The highest BCUT2D eigenvalue weighted by molar-refractivity contribution is 6.02. The molecule has 0 fully saturated rings. The van der Waals surface area contributed by atoms with Gasteiger partial charge in [0.25, 0.3) is 5.91 Å². The Morgan fingerprint density at radius 2 is 2.00 bits per heavy atom. The van der Waals surface area contributed by atoms with Gasteiger partial charge in [-0.1, -0.05) is 0 Å². The molecule has 0 saturated heterocycles. The lowest BCUT2D eigenvalue weighted by molar-refractivity contribution is -0.117. The monoisotopic (exact) mass is 290 g/mol. The SMILES string of the molecule is CCN(c1ccc(NC(=O)C2=COCCO2)cc1)C(C)C. The van der Waals surface area contributed by atoms with Gasteiger partial charge in [-0.15, -0.1) is 0 Å². The molecule has 1 aliphatic heterocycles. The molecular weight excluding hydrogens is 268 g/mol. The summed E-state index contributed by atoms with van der Waals surface area (Å²) in [6.07, 6.45) is 1.35. The summed E-state index contributed by atoms with van der Waals surface area (Å²) >= 11 is 0. The summed E-state index contributed by atoms with van der Waals surface area (Å²) in [5.74, 6) is -0.0821. The zero-order valence-electron chi connectivity index (χ0n) is 12.8. The van der Waals surface area contributed by atoms with Crippen LogP contribution in [0.4, 0.5) is 11.4 Å². The lowest BCUT2D eigenvalue weighted by atomic mass is 10.2. The van der Waals surface area contributed by atoms with Crippen LogP contribution in [0.25, 0.3) is 0 Å². The van der Waals surface area contributed by atoms with Gasteiger partial charge in [0.15, 0.2) is 0 Å². The minimum atomic E-state index is -0.293. The summed E-state index contributed by atoms with van der Waals surface area (Å²) in [4.78, 5) is 14.2. The number of hydrogen-bond donors (Lipinski definition) is 1. The predicted octanol–water partition coefficient (Wildman–Crippen LogP) is 2.75. The van der Waals surface area contributed by atoms with Gasteiger partial charge >= 0.3 is 0 Å². The Hall–Kier alpha value is -2.17. The van der Waals surface area contributed by atoms with Crippen molar-refractivity contribution in [3.63, 3.8) is 0 Å². The molecule has 2 rings (SSSR count). The van der Waals surface area contributed by atoms with Gasteiger partial charge in [-0.25, -0.2) is 0 Å². The first-order chi connectivity index (χ1) is 10.1. The number of ether oxygens (including phenoxy) is 2. The van der Waals surface area contributed by atoms with E-state index in [1.54, 1.807) is 0 Å². The number of rotatable bonds is 5. The number of nitrogens with one attached hydrogen (secondary N) is 1. The molecule has 0 bridgehead atoms. The van der Waals surface area contributed by atoms with Crippen LogP contribution in [0.3, 0.4) is 0 Å². The van der Waals surface area contributed by atoms with Crippen LogP contribution in [0, 0.1) is 0 Å². The first-order valence-corrected chi connectivity index (χ1v) is 7.24. The van der Waals surface area contributed by atoms with Crippen molar-refractivity contribution in [1.82, 2.24) is 0 Å². The van der Waals surface area contributed by atoms with E-state index in [9.17, 15) is 4.79 Å². The summed E-state index contributed by atoms with van der Waals surface area (Å²) in [5, 5.41) is 2.79. The molecule has 114 valence electrons. The number of hydrogen-bond acceptors (Lipinski definition) is 4. The highest BCUT2D eigenvalue weighted by Gasteiger charge is 2.15.